The summed E-state index contributed by atoms with van der Waals surface area (Å²) in [6.45, 7) is 0.983. The smallest absolute Gasteiger partial charge is 0.352 e. The number of carbonyl (C=O) groups excluding carboxylic acids is 3. The summed E-state index contributed by atoms with van der Waals surface area (Å²) in [4.78, 5) is 58.1. The molecule has 1 unspecified atom stereocenters. The van der Waals surface area contributed by atoms with Crippen molar-refractivity contribution in [1.29, 1.82) is 0 Å². The van der Waals surface area contributed by atoms with Gasteiger partial charge in [0, 0.05) is 31.1 Å². The van der Waals surface area contributed by atoms with E-state index in [0.29, 0.717) is 5.57 Å². The number of rotatable bonds is 8. The van der Waals surface area contributed by atoms with Crippen molar-refractivity contribution in [2.24, 2.45) is 0 Å². The number of thioether (sulfide) groups is 1. The van der Waals surface area contributed by atoms with Crippen LogP contribution in [0.3, 0.4) is 0 Å². The Hall–Kier alpha value is -2.56. The van der Waals surface area contributed by atoms with E-state index in [-0.39, 0.29) is 37.3 Å². The van der Waals surface area contributed by atoms with E-state index in [4.69, 9.17) is 9.84 Å². The highest BCUT2D eigenvalue weighted by Gasteiger charge is 2.54. The molecule has 1 fully saturated rings. The first-order valence-electron chi connectivity index (χ1n) is 7.77. The van der Waals surface area contributed by atoms with Crippen LogP contribution >= 0.6 is 11.8 Å². The van der Waals surface area contributed by atoms with Crippen LogP contribution in [-0.4, -0.2) is 68.6 Å². The zero-order valence-corrected chi connectivity index (χ0v) is 14.7. The maximum absolute atomic E-state index is 12.3. The number of aliphatic carboxylic acids is 2. The van der Waals surface area contributed by atoms with Crippen molar-refractivity contribution in [3.05, 3.63) is 11.3 Å². The van der Waals surface area contributed by atoms with Crippen molar-refractivity contribution in [3.63, 3.8) is 0 Å². The molecule has 0 aromatic carbocycles. The molecular weight excluding hydrogens is 368 g/mol. The molecule has 0 saturated carbocycles. The highest BCUT2D eigenvalue weighted by Crippen LogP contribution is 2.40. The predicted octanol–water partition coefficient (Wildman–Crippen LogP) is -0.457. The van der Waals surface area contributed by atoms with E-state index >= 15 is 0 Å². The van der Waals surface area contributed by atoms with Crippen molar-refractivity contribution < 1.29 is 38.9 Å². The van der Waals surface area contributed by atoms with Crippen molar-refractivity contribution >= 4 is 41.5 Å². The van der Waals surface area contributed by atoms with Gasteiger partial charge in [-0.05, 0) is 6.42 Å². The normalized spacial score (nSPS) is 21.6. The fourth-order valence-corrected chi connectivity index (χ4v) is 3.96. The van der Waals surface area contributed by atoms with Crippen molar-refractivity contribution in [2.75, 3.05) is 12.4 Å². The number of carboxylic acid groups (broad SMARTS) is 2. The number of hydrogen-bond donors (Lipinski definition) is 3. The van der Waals surface area contributed by atoms with Crippen LogP contribution in [0.15, 0.2) is 11.3 Å². The molecule has 1 saturated heterocycles. The predicted molar refractivity (Wildman–Crippen MR) is 87.8 cm³/mol. The number of β-lactam (4-membered cyclic amide) rings is 1. The molecule has 142 valence electrons. The lowest BCUT2D eigenvalue weighted by Crippen LogP contribution is -2.70. The van der Waals surface area contributed by atoms with Crippen LogP contribution in [0.4, 0.5) is 0 Å². The molecule has 0 aromatic rings. The minimum atomic E-state index is -1.31. The number of nitrogens with one attached hydrogen (secondary N) is 1. The van der Waals surface area contributed by atoms with Crippen molar-refractivity contribution in [1.82, 2.24) is 10.2 Å². The van der Waals surface area contributed by atoms with E-state index in [1.165, 1.54) is 18.7 Å². The first-order chi connectivity index (χ1) is 12.2. The van der Waals surface area contributed by atoms with Gasteiger partial charge in [-0.2, -0.15) is 0 Å². The zero-order chi connectivity index (χ0) is 19.4. The molecule has 0 bridgehead atoms. The Labute approximate surface area is 152 Å². The minimum Gasteiger partial charge on any atom is -0.481 e. The molecule has 0 aliphatic carbocycles. The second kappa shape index (κ2) is 8.21. The van der Waals surface area contributed by atoms with Gasteiger partial charge in [0.15, 0.2) is 0 Å². The van der Waals surface area contributed by atoms with Gasteiger partial charge in [0.25, 0.3) is 5.91 Å². The van der Waals surface area contributed by atoms with Gasteiger partial charge in [0.05, 0.1) is 0 Å². The number of nitrogens with zero attached hydrogens (tertiary/aromatic N) is 1. The van der Waals surface area contributed by atoms with Crippen LogP contribution < -0.4 is 5.32 Å². The summed E-state index contributed by atoms with van der Waals surface area (Å²) < 4.78 is 4.83. The quantitative estimate of drug-likeness (QED) is 0.372. The average Bonchev–Trinajstić information content (AvgIpc) is 2.56. The van der Waals surface area contributed by atoms with Crippen LogP contribution in [0.5, 0.6) is 0 Å². The molecule has 2 aliphatic heterocycles. The summed E-state index contributed by atoms with van der Waals surface area (Å²) in [7, 11) is 0. The molecule has 2 amide bonds. The minimum absolute atomic E-state index is 0.0349. The fourth-order valence-electron chi connectivity index (χ4n) is 2.63. The SMILES string of the molecule is CC(=O)OCC1=C(C(=O)O)N2C(=O)[C@@H](NC(=O)CCCC(=O)O)C2SC1. The monoisotopic (exact) mass is 386 g/mol. The highest BCUT2D eigenvalue weighted by molar-refractivity contribution is 8.00. The highest BCUT2D eigenvalue weighted by atomic mass is 32.2. The van der Waals surface area contributed by atoms with E-state index < -0.39 is 41.1 Å². The third kappa shape index (κ3) is 4.34. The molecule has 2 rings (SSSR count). The molecule has 0 radical (unpaired) electrons. The van der Waals surface area contributed by atoms with E-state index in [0.717, 1.165) is 4.90 Å². The van der Waals surface area contributed by atoms with E-state index in [1.807, 2.05) is 0 Å². The lowest BCUT2D eigenvalue weighted by Gasteiger charge is -2.49. The number of hydrogen-bond acceptors (Lipinski definition) is 7. The van der Waals surface area contributed by atoms with Crippen molar-refractivity contribution in [2.45, 2.75) is 37.6 Å². The lowest BCUT2D eigenvalue weighted by atomic mass is 10.0. The summed E-state index contributed by atoms with van der Waals surface area (Å²) >= 11 is 1.26. The van der Waals surface area contributed by atoms with Gasteiger partial charge in [-0.1, -0.05) is 0 Å². The maximum Gasteiger partial charge on any atom is 0.352 e. The fraction of sp³-hybridized carbons (Fsp3) is 0.533. The van der Waals surface area contributed by atoms with E-state index in [1.54, 1.807) is 0 Å². The molecular formula is C15H18N2O8S. The number of carbonyl (C=O) groups is 5. The van der Waals surface area contributed by atoms with Crippen LogP contribution in [-0.2, 0) is 28.7 Å². The third-order valence-electron chi connectivity index (χ3n) is 3.81. The average molecular weight is 386 g/mol. The molecule has 3 N–H and O–H groups in total. The summed E-state index contributed by atoms with van der Waals surface area (Å²) in [5.74, 6) is -3.66. The Morgan fingerprint density at radius 3 is 2.54 bits per heavy atom. The summed E-state index contributed by atoms with van der Waals surface area (Å²) in [5.41, 5.74) is 0.0879. The zero-order valence-electron chi connectivity index (χ0n) is 13.9. The number of esters is 1. The topological polar surface area (TPSA) is 150 Å². The van der Waals surface area contributed by atoms with Crippen LogP contribution in [0.25, 0.3) is 0 Å². The van der Waals surface area contributed by atoms with Gasteiger partial charge in [0.1, 0.15) is 23.7 Å². The Balaban J connectivity index is 2.02. The van der Waals surface area contributed by atoms with E-state index in [2.05, 4.69) is 5.32 Å². The summed E-state index contributed by atoms with van der Waals surface area (Å²) in [6, 6.07) is -0.859. The van der Waals surface area contributed by atoms with Gasteiger partial charge < -0.3 is 20.3 Å². The number of fused-ring (bicyclic) bond motifs is 1. The van der Waals surface area contributed by atoms with Crippen LogP contribution in [0, 0.1) is 0 Å². The maximum atomic E-state index is 12.3. The Bertz CT molecular complexity index is 689. The number of ether oxygens (including phenoxy) is 1. The molecule has 11 heteroatoms. The second-order valence-corrected chi connectivity index (χ2v) is 6.84. The molecule has 2 aliphatic rings. The Morgan fingerprint density at radius 2 is 1.96 bits per heavy atom. The van der Waals surface area contributed by atoms with Gasteiger partial charge in [-0.15, -0.1) is 11.8 Å². The Morgan fingerprint density at radius 1 is 1.27 bits per heavy atom. The second-order valence-electron chi connectivity index (χ2n) is 5.74. The molecule has 2 atom stereocenters. The summed E-state index contributed by atoms with van der Waals surface area (Å²) in [5, 5.41) is 19.9. The van der Waals surface area contributed by atoms with E-state index in [9.17, 15) is 29.1 Å². The molecule has 0 spiro atoms. The first kappa shape index (κ1) is 19.8. The number of carboxylic acids is 2. The van der Waals surface area contributed by atoms with Crippen LogP contribution in [0.2, 0.25) is 0 Å². The van der Waals surface area contributed by atoms with Gasteiger partial charge >= 0.3 is 17.9 Å². The van der Waals surface area contributed by atoms with Crippen molar-refractivity contribution in [3.8, 4) is 0 Å². The molecule has 0 aromatic heterocycles. The first-order valence-corrected chi connectivity index (χ1v) is 8.81. The summed E-state index contributed by atoms with van der Waals surface area (Å²) in [6.07, 6.45) is -0.0368. The standard InChI is InChI=1S/C15H18N2O8S/c1-7(18)25-5-8-6-26-14-11(13(22)17(14)12(8)15(23)24)16-9(19)3-2-4-10(20)21/h11,14H,2-6H2,1H3,(H,16,19)(H,20,21)(H,23,24)/t11-,14?/m1/s1. The van der Waals surface area contributed by atoms with Gasteiger partial charge in [-0.3, -0.25) is 24.1 Å². The molecule has 26 heavy (non-hydrogen) atoms. The Kier molecular flexibility index (Phi) is 6.24. The largest absolute Gasteiger partial charge is 0.481 e. The third-order valence-corrected chi connectivity index (χ3v) is 5.15. The van der Waals surface area contributed by atoms with Gasteiger partial charge in [0.2, 0.25) is 5.91 Å². The number of amides is 2. The molecule has 2 heterocycles. The molecule has 10 nitrogen and oxygen atoms in total. The van der Waals surface area contributed by atoms with Gasteiger partial charge in [-0.25, -0.2) is 4.79 Å². The van der Waals surface area contributed by atoms with Crippen LogP contribution in [0.1, 0.15) is 26.2 Å². The lowest BCUT2D eigenvalue weighted by molar-refractivity contribution is -0.151.